The first-order valence-electron chi connectivity index (χ1n) is 7.20. The summed E-state index contributed by atoms with van der Waals surface area (Å²) >= 11 is 1.99. The van der Waals surface area contributed by atoms with Crippen LogP contribution in [0.15, 0.2) is 24.3 Å². The third-order valence-corrected chi connectivity index (χ3v) is 5.20. The molecule has 1 heterocycles. The van der Waals surface area contributed by atoms with Crippen LogP contribution in [-0.2, 0) is 4.79 Å². The first kappa shape index (κ1) is 15.2. The maximum absolute atomic E-state index is 12.4. The normalized spacial score (nSPS) is 17.7. The molecule has 0 radical (unpaired) electrons. The average Bonchev–Trinajstić information content (AvgIpc) is 2.47. The molecular formula is C16H23NO2S. The van der Waals surface area contributed by atoms with E-state index in [0.29, 0.717) is 12.3 Å². The van der Waals surface area contributed by atoms with Gasteiger partial charge in [-0.1, -0.05) is 12.1 Å². The molecule has 3 nitrogen and oxygen atoms in total. The molecule has 2 rings (SSSR count). The first-order valence-corrected chi connectivity index (χ1v) is 8.35. The Morgan fingerprint density at radius 3 is 2.55 bits per heavy atom. The van der Waals surface area contributed by atoms with Crippen LogP contribution in [0.25, 0.3) is 0 Å². The molecule has 20 heavy (non-hydrogen) atoms. The van der Waals surface area contributed by atoms with Gasteiger partial charge in [-0.3, -0.25) is 4.79 Å². The molecule has 0 bridgehead atoms. The van der Waals surface area contributed by atoms with Crippen LogP contribution in [0, 0.1) is 5.92 Å². The number of thioether (sulfide) groups is 1. The van der Waals surface area contributed by atoms with E-state index in [1.54, 1.807) is 12.1 Å². The fourth-order valence-corrected chi connectivity index (χ4v) is 3.74. The predicted octanol–water partition coefficient (Wildman–Crippen LogP) is 3.44. The molecular weight excluding hydrogens is 270 g/mol. The fraction of sp³-hybridized carbons (Fsp3) is 0.562. The van der Waals surface area contributed by atoms with Gasteiger partial charge in [-0.2, -0.15) is 11.8 Å². The summed E-state index contributed by atoms with van der Waals surface area (Å²) < 4.78 is 0. The van der Waals surface area contributed by atoms with E-state index >= 15 is 0 Å². The van der Waals surface area contributed by atoms with Crippen molar-refractivity contribution in [1.82, 2.24) is 4.90 Å². The number of nitrogens with zero attached hydrogens (tertiary/aromatic N) is 1. The highest BCUT2D eigenvalue weighted by atomic mass is 32.2. The van der Waals surface area contributed by atoms with E-state index < -0.39 is 0 Å². The minimum Gasteiger partial charge on any atom is -0.508 e. The smallest absolute Gasteiger partial charge is 0.223 e. The molecule has 0 saturated carbocycles. The summed E-state index contributed by atoms with van der Waals surface area (Å²) in [6.45, 7) is 2.03. The number of hydrogen-bond acceptors (Lipinski definition) is 3. The van der Waals surface area contributed by atoms with Gasteiger partial charge in [-0.15, -0.1) is 0 Å². The van der Waals surface area contributed by atoms with Gasteiger partial charge < -0.3 is 10.0 Å². The lowest BCUT2D eigenvalue weighted by Crippen LogP contribution is -2.31. The molecule has 1 aromatic rings. The van der Waals surface area contributed by atoms with Crippen LogP contribution in [0.4, 0.5) is 0 Å². The summed E-state index contributed by atoms with van der Waals surface area (Å²) in [4.78, 5) is 14.2. The molecule has 1 aromatic carbocycles. The van der Waals surface area contributed by atoms with Crippen LogP contribution in [0.2, 0.25) is 0 Å². The zero-order valence-electron chi connectivity index (χ0n) is 12.2. The van der Waals surface area contributed by atoms with Crippen LogP contribution >= 0.6 is 11.8 Å². The number of rotatable bonds is 4. The van der Waals surface area contributed by atoms with Crippen LogP contribution in [0.1, 0.15) is 37.8 Å². The second-order valence-corrected chi connectivity index (χ2v) is 6.76. The zero-order valence-corrected chi connectivity index (χ0v) is 13.0. The number of carbonyl (C=O) groups excluding carboxylic acids is 1. The quantitative estimate of drug-likeness (QED) is 0.924. The van der Waals surface area contributed by atoms with Gasteiger partial charge in [0.05, 0.1) is 6.04 Å². The summed E-state index contributed by atoms with van der Waals surface area (Å²) in [7, 11) is 1.87. The van der Waals surface area contributed by atoms with Gasteiger partial charge in [0.2, 0.25) is 5.91 Å². The standard InChI is InChI=1S/C16H23NO2S/c1-12(14-3-5-15(18)6-4-14)17(2)16(19)11-13-7-9-20-10-8-13/h3-6,12-13,18H,7-11H2,1-2H3. The van der Waals surface area contributed by atoms with Crippen LogP contribution in [-0.4, -0.2) is 34.5 Å². The summed E-state index contributed by atoms with van der Waals surface area (Å²) in [5.74, 6) is 3.42. The van der Waals surface area contributed by atoms with E-state index in [-0.39, 0.29) is 17.7 Å². The number of carbonyl (C=O) groups is 1. The molecule has 1 aliphatic heterocycles. The molecule has 4 heteroatoms. The van der Waals surface area contributed by atoms with Crippen molar-refractivity contribution in [3.05, 3.63) is 29.8 Å². The number of benzene rings is 1. The molecule has 1 unspecified atom stereocenters. The first-order chi connectivity index (χ1) is 9.58. The highest BCUT2D eigenvalue weighted by Crippen LogP contribution is 2.27. The Labute approximate surface area is 125 Å². The third-order valence-electron chi connectivity index (χ3n) is 4.15. The largest absolute Gasteiger partial charge is 0.508 e. The number of aromatic hydroxyl groups is 1. The van der Waals surface area contributed by atoms with E-state index in [4.69, 9.17) is 0 Å². The molecule has 1 saturated heterocycles. The Balaban J connectivity index is 1.93. The molecule has 1 fully saturated rings. The van der Waals surface area contributed by atoms with Gasteiger partial charge in [0.15, 0.2) is 0 Å². The maximum Gasteiger partial charge on any atom is 0.223 e. The Bertz CT molecular complexity index is 440. The summed E-state index contributed by atoms with van der Waals surface area (Å²) in [5, 5.41) is 9.32. The van der Waals surface area contributed by atoms with Crippen molar-refractivity contribution in [3.8, 4) is 5.75 Å². The number of phenolic OH excluding ortho intramolecular Hbond substituents is 1. The Hall–Kier alpha value is -1.16. The summed E-state index contributed by atoms with van der Waals surface area (Å²) in [5.41, 5.74) is 1.05. The Kier molecular flexibility index (Phi) is 5.35. The van der Waals surface area contributed by atoms with Gasteiger partial charge in [0.1, 0.15) is 5.75 Å². The molecule has 1 atom stereocenters. The predicted molar refractivity (Wildman–Crippen MR) is 84.0 cm³/mol. The van der Waals surface area contributed by atoms with E-state index in [1.807, 2.05) is 42.8 Å². The third kappa shape index (κ3) is 3.92. The summed E-state index contributed by atoms with van der Waals surface area (Å²) in [6.07, 6.45) is 3.00. The van der Waals surface area contributed by atoms with Crippen LogP contribution in [0.3, 0.4) is 0 Å². The van der Waals surface area contributed by atoms with E-state index in [1.165, 1.54) is 11.5 Å². The van der Waals surface area contributed by atoms with Crippen LogP contribution < -0.4 is 0 Å². The lowest BCUT2D eigenvalue weighted by Gasteiger charge is -2.28. The van der Waals surface area contributed by atoms with Crippen molar-refractivity contribution in [2.45, 2.75) is 32.2 Å². The Morgan fingerprint density at radius 2 is 1.95 bits per heavy atom. The minimum absolute atomic E-state index is 0.0427. The lowest BCUT2D eigenvalue weighted by molar-refractivity contribution is -0.132. The fourth-order valence-electron chi connectivity index (χ4n) is 2.53. The van der Waals surface area contributed by atoms with Crippen molar-refractivity contribution < 1.29 is 9.90 Å². The van der Waals surface area contributed by atoms with Gasteiger partial charge >= 0.3 is 0 Å². The van der Waals surface area contributed by atoms with Gasteiger partial charge in [-0.25, -0.2) is 0 Å². The summed E-state index contributed by atoms with van der Waals surface area (Å²) in [6, 6.07) is 7.13. The second-order valence-electron chi connectivity index (χ2n) is 5.53. The van der Waals surface area contributed by atoms with Gasteiger partial charge in [0.25, 0.3) is 0 Å². The lowest BCUT2D eigenvalue weighted by atomic mass is 9.97. The van der Waals surface area contributed by atoms with E-state index in [2.05, 4.69) is 0 Å². The average molecular weight is 293 g/mol. The topological polar surface area (TPSA) is 40.5 Å². The molecule has 1 aliphatic rings. The highest BCUT2D eigenvalue weighted by Gasteiger charge is 2.22. The van der Waals surface area contributed by atoms with Gasteiger partial charge in [0, 0.05) is 13.5 Å². The molecule has 110 valence electrons. The minimum atomic E-state index is 0.0427. The van der Waals surface area contributed by atoms with Crippen molar-refractivity contribution >= 4 is 17.7 Å². The van der Waals surface area contributed by atoms with Crippen molar-refractivity contribution in [1.29, 1.82) is 0 Å². The number of amides is 1. The van der Waals surface area contributed by atoms with Crippen molar-refractivity contribution in [2.24, 2.45) is 5.92 Å². The zero-order chi connectivity index (χ0) is 14.5. The van der Waals surface area contributed by atoms with E-state index in [9.17, 15) is 9.90 Å². The Morgan fingerprint density at radius 1 is 1.35 bits per heavy atom. The van der Waals surface area contributed by atoms with Gasteiger partial charge in [-0.05, 0) is 54.9 Å². The molecule has 0 aliphatic carbocycles. The maximum atomic E-state index is 12.4. The van der Waals surface area contributed by atoms with Crippen LogP contribution in [0.5, 0.6) is 5.75 Å². The number of phenols is 1. The van der Waals surface area contributed by atoms with Crippen molar-refractivity contribution in [2.75, 3.05) is 18.6 Å². The molecule has 1 amide bonds. The highest BCUT2D eigenvalue weighted by molar-refractivity contribution is 7.99. The molecule has 0 spiro atoms. The SMILES string of the molecule is CC(c1ccc(O)cc1)N(C)C(=O)CC1CCSCC1. The monoisotopic (exact) mass is 293 g/mol. The van der Waals surface area contributed by atoms with E-state index in [0.717, 1.165) is 18.4 Å². The molecule has 0 aromatic heterocycles. The molecule has 1 N–H and O–H groups in total. The number of hydrogen-bond donors (Lipinski definition) is 1. The van der Waals surface area contributed by atoms with Crippen molar-refractivity contribution in [3.63, 3.8) is 0 Å². The second kappa shape index (κ2) is 7.02.